The third kappa shape index (κ3) is 3.32. The number of alkyl halides is 3. The van der Waals surface area contributed by atoms with Crippen LogP contribution in [0.4, 0.5) is 26.3 Å². The van der Waals surface area contributed by atoms with Crippen LogP contribution in [0.5, 0.6) is 5.75 Å². The van der Waals surface area contributed by atoms with Gasteiger partial charge in [-0.15, -0.1) is 0 Å². The molecule has 0 atom stereocenters. The largest absolute Gasteiger partial charge is 0.534 e. The van der Waals surface area contributed by atoms with E-state index in [9.17, 15) is 34.8 Å². The molecule has 0 amide bonds. The molecule has 130 valence electrons. The van der Waals surface area contributed by atoms with Crippen molar-refractivity contribution in [3.05, 3.63) is 53.3 Å². The van der Waals surface area contributed by atoms with Crippen molar-refractivity contribution in [2.75, 3.05) is 0 Å². The molecule has 10 heteroatoms. The van der Waals surface area contributed by atoms with Crippen LogP contribution in [0, 0.1) is 24.4 Å². The van der Waals surface area contributed by atoms with Crippen molar-refractivity contribution in [1.82, 2.24) is 0 Å². The summed E-state index contributed by atoms with van der Waals surface area (Å²) in [6, 6.07) is 4.08. The molecule has 24 heavy (non-hydrogen) atoms. The van der Waals surface area contributed by atoms with Crippen molar-refractivity contribution in [2.45, 2.75) is 12.4 Å². The van der Waals surface area contributed by atoms with Crippen LogP contribution in [0.3, 0.4) is 0 Å². The van der Waals surface area contributed by atoms with Crippen LogP contribution >= 0.6 is 0 Å². The second-order valence-electron chi connectivity index (χ2n) is 4.68. The van der Waals surface area contributed by atoms with E-state index in [1.807, 2.05) is 0 Å². The lowest BCUT2D eigenvalue weighted by molar-refractivity contribution is -0.0500. The Balaban J connectivity index is 2.55. The monoisotopic (exact) mass is 370 g/mol. The normalized spacial score (nSPS) is 12.3. The average Bonchev–Trinajstić information content (AvgIpc) is 2.39. The predicted molar refractivity (Wildman–Crippen MR) is 72.1 cm³/mol. The minimum Gasteiger partial charge on any atom is -0.376 e. The van der Waals surface area contributed by atoms with E-state index in [1.54, 1.807) is 0 Å². The second kappa shape index (κ2) is 6.00. The Kier molecular flexibility index (Phi) is 4.53. The maximum Gasteiger partial charge on any atom is 0.534 e. The van der Waals surface area contributed by atoms with Gasteiger partial charge in [-0.1, -0.05) is 12.1 Å². The molecule has 2 rings (SSSR count). The Labute approximate surface area is 132 Å². The Bertz CT molecular complexity index is 847. The summed E-state index contributed by atoms with van der Waals surface area (Å²) in [7, 11) is -6.09. The van der Waals surface area contributed by atoms with E-state index >= 15 is 0 Å². The highest BCUT2D eigenvalue weighted by atomic mass is 32.2. The number of benzene rings is 2. The van der Waals surface area contributed by atoms with Gasteiger partial charge in [-0.05, 0) is 18.6 Å². The molecule has 0 bridgehead atoms. The van der Waals surface area contributed by atoms with Gasteiger partial charge in [0.05, 0.1) is 5.56 Å². The van der Waals surface area contributed by atoms with Gasteiger partial charge < -0.3 is 4.18 Å². The first-order valence-electron chi connectivity index (χ1n) is 6.19. The zero-order valence-electron chi connectivity index (χ0n) is 11.8. The Morgan fingerprint density at radius 1 is 0.917 bits per heavy atom. The molecule has 0 fully saturated rings. The van der Waals surface area contributed by atoms with Gasteiger partial charge in [-0.2, -0.15) is 21.6 Å². The van der Waals surface area contributed by atoms with Crippen LogP contribution in [0.1, 0.15) is 5.56 Å². The highest BCUT2D eigenvalue weighted by Crippen LogP contribution is 2.35. The van der Waals surface area contributed by atoms with Crippen LogP contribution < -0.4 is 4.18 Å². The summed E-state index contributed by atoms with van der Waals surface area (Å²) in [5.74, 6) is -5.13. The Hall–Kier alpha value is -2.23. The van der Waals surface area contributed by atoms with E-state index in [1.165, 1.54) is 19.1 Å². The first-order chi connectivity index (χ1) is 10.9. The number of hydrogen-bond acceptors (Lipinski definition) is 3. The lowest BCUT2D eigenvalue weighted by Gasteiger charge is -2.13. The van der Waals surface area contributed by atoms with E-state index in [0.717, 1.165) is 6.07 Å². The average molecular weight is 370 g/mol. The van der Waals surface area contributed by atoms with E-state index in [2.05, 4.69) is 4.18 Å². The van der Waals surface area contributed by atoms with Gasteiger partial charge in [0.15, 0.2) is 0 Å². The molecule has 0 heterocycles. The van der Waals surface area contributed by atoms with Gasteiger partial charge >= 0.3 is 15.6 Å². The molecule has 0 aromatic heterocycles. The number of aryl methyl sites for hydroxylation is 1. The summed E-state index contributed by atoms with van der Waals surface area (Å²) in [5.41, 5.74) is -6.87. The molecule has 0 radical (unpaired) electrons. The van der Waals surface area contributed by atoms with Crippen molar-refractivity contribution in [1.29, 1.82) is 0 Å². The molecular weight excluding hydrogens is 362 g/mol. The van der Waals surface area contributed by atoms with Gasteiger partial charge in [0.1, 0.15) is 23.2 Å². The molecular formula is C14H8F6O3S. The summed E-state index contributed by atoms with van der Waals surface area (Å²) < 4.78 is 104. The SMILES string of the molecule is Cc1cccc(F)c1-c1c(F)cc(OS(=O)(=O)C(F)(F)F)cc1F. The lowest BCUT2D eigenvalue weighted by atomic mass is 9.99. The summed E-state index contributed by atoms with van der Waals surface area (Å²) in [6.45, 7) is 1.37. The van der Waals surface area contributed by atoms with Crippen LogP contribution in [0.2, 0.25) is 0 Å². The third-order valence-electron chi connectivity index (χ3n) is 2.98. The summed E-state index contributed by atoms with van der Waals surface area (Å²) in [6.07, 6.45) is 0. The summed E-state index contributed by atoms with van der Waals surface area (Å²) >= 11 is 0. The third-order valence-corrected chi connectivity index (χ3v) is 3.96. The second-order valence-corrected chi connectivity index (χ2v) is 6.21. The van der Waals surface area contributed by atoms with Gasteiger partial charge in [0.2, 0.25) is 0 Å². The Morgan fingerprint density at radius 3 is 1.92 bits per heavy atom. The van der Waals surface area contributed by atoms with E-state index in [-0.39, 0.29) is 17.7 Å². The van der Waals surface area contributed by atoms with Crippen LogP contribution in [-0.4, -0.2) is 13.9 Å². The summed E-state index contributed by atoms with van der Waals surface area (Å²) in [4.78, 5) is 0. The fraction of sp³-hybridized carbons (Fsp3) is 0.143. The minimum atomic E-state index is -6.09. The topological polar surface area (TPSA) is 43.4 Å². The first-order valence-corrected chi connectivity index (χ1v) is 7.60. The quantitative estimate of drug-likeness (QED) is 0.460. The molecule has 2 aromatic rings. The molecule has 0 spiro atoms. The zero-order valence-corrected chi connectivity index (χ0v) is 12.6. The van der Waals surface area contributed by atoms with Crippen molar-refractivity contribution in [3.63, 3.8) is 0 Å². The standard InChI is InChI=1S/C14H8F6O3S/c1-7-3-2-4-9(15)12(7)13-10(16)5-8(6-11(13)17)23-24(21,22)14(18,19)20/h2-6H,1H3. The molecule has 0 unspecified atom stereocenters. The maximum absolute atomic E-state index is 14.1. The molecule has 0 aliphatic heterocycles. The molecule has 0 aliphatic carbocycles. The highest BCUT2D eigenvalue weighted by molar-refractivity contribution is 7.88. The number of hydrogen-bond donors (Lipinski definition) is 0. The maximum atomic E-state index is 14.1. The fourth-order valence-electron chi connectivity index (χ4n) is 1.96. The Morgan fingerprint density at radius 2 is 1.46 bits per heavy atom. The van der Waals surface area contributed by atoms with Crippen molar-refractivity contribution in [2.24, 2.45) is 0 Å². The van der Waals surface area contributed by atoms with Gasteiger partial charge in [-0.3, -0.25) is 0 Å². The number of rotatable bonds is 3. The van der Waals surface area contributed by atoms with E-state index < -0.39 is 50.0 Å². The minimum absolute atomic E-state index is 0.171. The zero-order chi connectivity index (χ0) is 18.3. The lowest BCUT2D eigenvalue weighted by Crippen LogP contribution is -2.28. The van der Waals surface area contributed by atoms with Crippen molar-refractivity contribution >= 4 is 10.1 Å². The molecule has 0 saturated carbocycles. The van der Waals surface area contributed by atoms with E-state index in [0.29, 0.717) is 0 Å². The highest BCUT2D eigenvalue weighted by Gasteiger charge is 2.48. The van der Waals surface area contributed by atoms with Gasteiger partial charge in [0, 0.05) is 17.7 Å². The van der Waals surface area contributed by atoms with Gasteiger partial charge in [-0.25, -0.2) is 13.2 Å². The fourth-order valence-corrected chi connectivity index (χ4v) is 2.40. The molecule has 0 N–H and O–H groups in total. The molecule has 3 nitrogen and oxygen atoms in total. The van der Waals surface area contributed by atoms with Crippen molar-refractivity contribution < 1.29 is 38.9 Å². The van der Waals surface area contributed by atoms with Crippen LogP contribution in [0.25, 0.3) is 11.1 Å². The van der Waals surface area contributed by atoms with Gasteiger partial charge in [0.25, 0.3) is 0 Å². The predicted octanol–water partition coefficient (Wildman–Crippen LogP) is 4.31. The van der Waals surface area contributed by atoms with E-state index in [4.69, 9.17) is 0 Å². The smallest absolute Gasteiger partial charge is 0.376 e. The molecule has 0 aliphatic rings. The molecule has 0 saturated heterocycles. The molecule has 2 aromatic carbocycles. The van der Waals surface area contributed by atoms with Crippen LogP contribution in [0.15, 0.2) is 30.3 Å². The summed E-state index contributed by atoms with van der Waals surface area (Å²) in [5, 5.41) is 0. The first kappa shape index (κ1) is 18.1. The van der Waals surface area contributed by atoms with Crippen molar-refractivity contribution in [3.8, 4) is 16.9 Å². The van der Waals surface area contributed by atoms with Crippen LogP contribution in [-0.2, 0) is 10.1 Å². The number of halogens is 6.